The highest BCUT2D eigenvalue weighted by molar-refractivity contribution is 5.94. The van der Waals surface area contributed by atoms with Gasteiger partial charge in [-0.15, -0.1) is 0 Å². The fraction of sp³-hybridized carbons (Fsp3) is 0.396. The molecule has 0 amide bonds. The predicted octanol–water partition coefficient (Wildman–Crippen LogP) is 16.1. The molecule has 0 aliphatic rings. The van der Waals surface area contributed by atoms with Crippen LogP contribution in [0.2, 0.25) is 0 Å². The molecule has 0 N–H and O–H groups in total. The van der Waals surface area contributed by atoms with Gasteiger partial charge in [0.15, 0.2) is 0 Å². The highest BCUT2D eigenvalue weighted by Crippen LogP contribution is 2.28. The summed E-state index contributed by atoms with van der Waals surface area (Å²) < 4.78 is 90.6. The van der Waals surface area contributed by atoms with E-state index in [1.807, 2.05) is 38.1 Å². The summed E-state index contributed by atoms with van der Waals surface area (Å²) in [7, 11) is 0. The van der Waals surface area contributed by atoms with Crippen LogP contribution in [0.5, 0.6) is 34.5 Å². The van der Waals surface area contributed by atoms with Gasteiger partial charge in [-0.05, 0) is 219 Å². The van der Waals surface area contributed by atoms with Crippen LogP contribution in [0.25, 0.3) is 0 Å². The van der Waals surface area contributed by atoms with Gasteiger partial charge in [-0.2, -0.15) is 0 Å². The zero-order valence-electron chi connectivity index (χ0n) is 75.6. The lowest BCUT2D eigenvalue weighted by molar-refractivity contribution is -0.168. The Bertz CT molecular complexity index is 4650. The second-order valence-corrected chi connectivity index (χ2v) is 30.7. The Labute approximate surface area is 773 Å². The van der Waals surface area contributed by atoms with E-state index in [0.29, 0.717) is 116 Å². The van der Waals surface area contributed by atoms with E-state index in [1.54, 1.807) is 116 Å². The third kappa shape index (κ3) is 47.7. The van der Waals surface area contributed by atoms with Gasteiger partial charge in [-0.25, -0.2) is 43.2 Å². The van der Waals surface area contributed by atoms with Gasteiger partial charge in [-0.1, -0.05) is 94.0 Å². The highest BCUT2D eigenvalue weighted by Gasteiger charge is 2.38. The first-order valence-electron chi connectivity index (χ1n) is 43.6. The number of rotatable bonds is 63. The van der Waals surface area contributed by atoms with Crippen LogP contribution >= 0.6 is 0 Å². The van der Waals surface area contributed by atoms with Crippen LogP contribution < -0.4 is 28.4 Å². The van der Waals surface area contributed by atoms with Crippen molar-refractivity contribution in [3.8, 4) is 34.5 Å². The van der Waals surface area contributed by atoms with Gasteiger partial charge < -0.3 is 80.5 Å². The molecule has 0 radical (unpaired) electrons. The van der Waals surface area contributed by atoms with Crippen LogP contribution in [0.1, 0.15) is 201 Å². The van der Waals surface area contributed by atoms with E-state index < -0.39 is 127 Å². The zero-order chi connectivity index (χ0) is 96.9. The number of esters is 15. The van der Waals surface area contributed by atoms with Crippen LogP contribution in [0, 0.1) is 24.7 Å². The van der Waals surface area contributed by atoms with Crippen LogP contribution in [0.3, 0.4) is 0 Å². The van der Waals surface area contributed by atoms with Crippen molar-refractivity contribution in [3.63, 3.8) is 0 Å². The molecule has 0 heterocycles. The third-order valence-electron chi connectivity index (χ3n) is 19.2. The Morgan fingerprint density at radius 2 is 0.444 bits per heavy atom. The van der Waals surface area contributed by atoms with E-state index in [4.69, 9.17) is 80.5 Å². The SMILES string of the molecule is C=CC(=O)OCC(COC(=O)C=C)(COC(=O)C=C)COC(=O)CCC(=O)OCCCCCCCCOc1ccc(C(=O)Oc2ccc(OC(=O)c3ccc(C)cc3)cc2)cc1.C=CC(=O)OCCCCCC(=O)OCC(C)(COC(=O)CCCCCOC(=O)C=C)COC(=O)CCC(=O)OCCCCCCOc1ccc(C(=O)Oc2ccc(OC(=O)c3ccc(C)cc3)cc2)cc1. The zero-order valence-corrected chi connectivity index (χ0v) is 75.6. The summed E-state index contributed by atoms with van der Waals surface area (Å²) >= 11 is 0. The van der Waals surface area contributed by atoms with Crippen LogP contribution in [0.15, 0.2) is 209 Å². The Kier molecular flexibility index (Phi) is 51.6. The fourth-order valence-electron chi connectivity index (χ4n) is 11.4. The summed E-state index contributed by atoms with van der Waals surface area (Å²) in [6.07, 6.45) is 15.4. The van der Waals surface area contributed by atoms with E-state index in [1.165, 1.54) is 12.1 Å². The first-order chi connectivity index (χ1) is 64.0. The van der Waals surface area contributed by atoms with Gasteiger partial charge in [0, 0.05) is 43.2 Å². The number of hydrogen-bond acceptors (Lipinski definition) is 32. The van der Waals surface area contributed by atoms with Gasteiger partial charge in [0.1, 0.15) is 86.2 Å². The minimum absolute atomic E-state index is 0.0980. The topological polar surface area (TPSA) is 413 Å². The lowest BCUT2D eigenvalue weighted by atomic mass is 9.92. The Balaban J connectivity index is 0.000000475. The molecule has 0 aliphatic heterocycles. The van der Waals surface area contributed by atoms with Crippen molar-refractivity contribution in [2.24, 2.45) is 10.8 Å². The summed E-state index contributed by atoms with van der Waals surface area (Å²) in [4.78, 5) is 182. The second-order valence-electron chi connectivity index (χ2n) is 30.7. The molecule has 0 aromatic heterocycles. The third-order valence-corrected chi connectivity index (χ3v) is 19.2. The summed E-state index contributed by atoms with van der Waals surface area (Å²) in [5.41, 5.74) is 1.02. The molecule has 6 aromatic rings. The van der Waals surface area contributed by atoms with E-state index in [-0.39, 0.29) is 90.5 Å². The number of unbranched alkanes of at least 4 members (excludes halogenated alkanes) is 12. The Morgan fingerprint density at radius 3 is 0.729 bits per heavy atom. The van der Waals surface area contributed by atoms with Gasteiger partial charge >= 0.3 is 89.5 Å². The maximum Gasteiger partial charge on any atom is 0.343 e. The summed E-state index contributed by atoms with van der Waals surface area (Å²) in [5.74, 6) is -6.76. The number of hydrogen-bond donors (Lipinski definition) is 0. The van der Waals surface area contributed by atoms with Gasteiger partial charge in [0.2, 0.25) is 0 Å². The van der Waals surface area contributed by atoms with E-state index in [2.05, 4.69) is 32.9 Å². The number of ether oxygens (including phenoxy) is 17. The molecule has 0 saturated carbocycles. The smallest absolute Gasteiger partial charge is 0.343 e. The number of carbonyl (C=O) groups is 15. The minimum atomic E-state index is -1.48. The lowest BCUT2D eigenvalue weighted by Gasteiger charge is -2.31. The number of carbonyl (C=O) groups excluding carboxylic acids is 15. The summed E-state index contributed by atoms with van der Waals surface area (Å²) in [5, 5.41) is 0. The molecule has 6 aromatic carbocycles. The molecule has 0 saturated heterocycles. The molecule has 32 nitrogen and oxygen atoms in total. The van der Waals surface area contributed by atoms with Crippen molar-refractivity contribution < 1.29 is 152 Å². The highest BCUT2D eigenvalue weighted by atomic mass is 16.6. The molecule has 133 heavy (non-hydrogen) atoms. The van der Waals surface area contributed by atoms with Gasteiger partial charge in [0.05, 0.1) is 93.0 Å². The quantitative estimate of drug-likeness (QED) is 0.0112. The van der Waals surface area contributed by atoms with E-state index >= 15 is 0 Å². The van der Waals surface area contributed by atoms with Crippen molar-refractivity contribution in [2.45, 2.75) is 162 Å². The molecular formula is C101H118O32. The molecular weight excluding hydrogens is 1730 g/mol. The minimum Gasteiger partial charge on any atom is -0.494 e. The largest absolute Gasteiger partial charge is 0.494 e. The first kappa shape index (κ1) is 109. The maximum absolute atomic E-state index is 12.7. The average Bonchev–Trinajstić information content (AvgIpc) is 0.850. The maximum atomic E-state index is 12.7. The van der Waals surface area contributed by atoms with Crippen LogP contribution in [0.4, 0.5) is 0 Å². The molecule has 0 unspecified atom stereocenters. The van der Waals surface area contributed by atoms with E-state index in [0.717, 1.165) is 92.9 Å². The molecule has 0 aliphatic carbocycles. The lowest BCUT2D eigenvalue weighted by Crippen LogP contribution is -2.43. The molecule has 714 valence electrons. The standard InChI is InChI=1S/C54H66O17.C47H52O15/c1-5-46(55)64-34-15-9-11-17-48(57)67-37-54(4,38-68-49(58)18-12-10-16-35-65-47(56)6-2)39-69-51(60)32-31-50(59)66-36-14-8-7-13-33-63-43-25-23-42(24-26-43)53(62)71-45-29-27-44(28-30-45)70-52(61)41-21-19-40(3)20-22-41;1-5-40(48)57-30-47(31-58-41(49)6-2,32-59-42(50)7-3)33-60-44(52)27-26-43(51)56-29-13-11-9-8-10-12-28-55-37-20-18-36(19-21-37)46(54)62-39-24-22-38(23-25-39)61-45(53)35-16-14-34(4)15-17-35/h5-6,19-30H,1-2,7-18,31-39H2,3-4H3;5-7,14-25H,1-3,8-13,26-33H2,4H3. The van der Waals surface area contributed by atoms with Crippen molar-refractivity contribution in [1.29, 1.82) is 0 Å². The predicted molar refractivity (Wildman–Crippen MR) is 483 cm³/mol. The van der Waals surface area contributed by atoms with Crippen molar-refractivity contribution in [1.82, 2.24) is 0 Å². The fourth-order valence-corrected chi connectivity index (χ4v) is 11.4. The second kappa shape index (κ2) is 62.8. The monoisotopic (exact) mass is 1840 g/mol. The molecule has 0 fully saturated rings. The molecule has 0 spiro atoms. The van der Waals surface area contributed by atoms with Crippen molar-refractivity contribution in [2.75, 3.05) is 85.9 Å². The molecule has 6 rings (SSSR count). The average molecular weight is 1840 g/mol. The Morgan fingerprint density at radius 1 is 0.233 bits per heavy atom. The molecule has 0 bridgehead atoms. The summed E-state index contributed by atoms with van der Waals surface area (Å²) in [6, 6.07) is 39.6. The van der Waals surface area contributed by atoms with Crippen molar-refractivity contribution in [3.05, 3.63) is 242 Å². The Hall–Kier alpha value is -14.3. The first-order valence-corrected chi connectivity index (χ1v) is 43.6. The molecule has 32 heteroatoms. The number of benzene rings is 6. The van der Waals surface area contributed by atoms with Crippen molar-refractivity contribution >= 4 is 89.5 Å². The summed E-state index contributed by atoms with van der Waals surface area (Å²) in [6.45, 7) is 21.2. The van der Waals surface area contributed by atoms with E-state index in [9.17, 15) is 71.9 Å². The van der Waals surface area contributed by atoms with Crippen LogP contribution in [-0.4, -0.2) is 175 Å². The normalized spacial score (nSPS) is 10.7. The van der Waals surface area contributed by atoms with Gasteiger partial charge in [-0.3, -0.25) is 28.8 Å². The van der Waals surface area contributed by atoms with Crippen LogP contribution in [-0.2, 0) is 105 Å². The van der Waals surface area contributed by atoms with Gasteiger partial charge in [0.25, 0.3) is 0 Å². The molecule has 0 atom stereocenters. The number of aryl methyl sites for hydroxylation is 2.